The lowest BCUT2D eigenvalue weighted by molar-refractivity contribution is 0.188. The van der Waals surface area contributed by atoms with Crippen LogP contribution in [0.3, 0.4) is 0 Å². The topological polar surface area (TPSA) is 59.1 Å². The van der Waals surface area contributed by atoms with Crippen molar-refractivity contribution >= 4 is 5.69 Å². The molecule has 2 fully saturated rings. The van der Waals surface area contributed by atoms with Crippen LogP contribution in [0.15, 0.2) is 30.7 Å². The van der Waals surface area contributed by atoms with Gasteiger partial charge in [0.15, 0.2) is 0 Å². The SMILES string of the molecule is COCCNC1CCC(Cc2cc(-c3cncc(NCC4(C)CC4)c3)c(F)cn2)CC1. The lowest BCUT2D eigenvalue weighted by Crippen LogP contribution is -2.35. The van der Waals surface area contributed by atoms with Crippen LogP contribution < -0.4 is 10.6 Å². The Hall–Kier alpha value is -2.05. The van der Waals surface area contributed by atoms with Crippen molar-refractivity contribution in [2.75, 3.05) is 32.1 Å². The molecule has 6 heteroatoms. The van der Waals surface area contributed by atoms with E-state index in [1.807, 2.05) is 18.3 Å². The summed E-state index contributed by atoms with van der Waals surface area (Å²) in [5, 5.41) is 7.04. The number of anilines is 1. The number of hydrogen-bond donors (Lipinski definition) is 2. The van der Waals surface area contributed by atoms with Gasteiger partial charge in [0.1, 0.15) is 5.82 Å². The predicted molar refractivity (Wildman–Crippen MR) is 123 cm³/mol. The highest BCUT2D eigenvalue weighted by molar-refractivity contribution is 5.67. The van der Waals surface area contributed by atoms with Gasteiger partial charge in [0.2, 0.25) is 0 Å². The Labute approximate surface area is 185 Å². The van der Waals surface area contributed by atoms with E-state index >= 15 is 0 Å². The van der Waals surface area contributed by atoms with Crippen molar-refractivity contribution in [3.63, 3.8) is 0 Å². The number of ether oxygens (including phenoxy) is 1. The fraction of sp³-hybridized carbons (Fsp3) is 0.600. The lowest BCUT2D eigenvalue weighted by Gasteiger charge is -2.29. The van der Waals surface area contributed by atoms with Crippen LogP contribution in [0.1, 0.15) is 51.1 Å². The molecule has 2 N–H and O–H groups in total. The predicted octanol–water partition coefficient (Wildman–Crippen LogP) is 4.83. The lowest BCUT2D eigenvalue weighted by atomic mass is 9.83. The fourth-order valence-corrected chi connectivity index (χ4v) is 4.44. The quantitative estimate of drug-likeness (QED) is 0.533. The molecule has 2 aliphatic carbocycles. The van der Waals surface area contributed by atoms with Crippen molar-refractivity contribution in [1.29, 1.82) is 0 Å². The molecule has 0 aliphatic heterocycles. The molecule has 2 aromatic rings. The number of aromatic nitrogens is 2. The zero-order chi connectivity index (χ0) is 21.7. The minimum absolute atomic E-state index is 0.289. The molecule has 2 aliphatic rings. The number of halogens is 1. The van der Waals surface area contributed by atoms with E-state index in [2.05, 4.69) is 27.5 Å². The maximum atomic E-state index is 14.6. The molecule has 168 valence electrons. The van der Waals surface area contributed by atoms with Gasteiger partial charge in [0.25, 0.3) is 0 Å². The zero-order valence-corrected chi connectivity index (χ0v) is 18.8. The summed E-state index contributed by atoms with van der Waals surface area (Å²) in [6, 6.07) is 4.50. The van der Waals surface area contributed by atoms with E-state index in [1.54, 1.807) is 13.3 Å². The summed E-state index contributed by atoms with van der Waals surface area (Å²) in [5.74, 6) is 0.319. The number of nitrogens with one attached hydrogen (secondary N) is 2. The fourth-order valence-electron chi connectivity index (χ4n) is 4.44. The van der Waals surface area contributed by atoms with Crippen LogP contribution in [0.5, 0.6) is 0 Å². The van der Waals surface area contributed by atoms with Gasteiger partial charge >= 0.3 is 0 Å². The molecule has 0 amide bonds. The number of methoxy groups -OCH3 is 1. The molecular formula is C25H35FN4O. The molecule has 0 unspecified atom stereocenters. The van der Waals surface area contributed by atoms with E-state index in [0.29, 0.717) is 22.9 Å². The highest BCUT2D eigenvalue weighted by Crippen LogP contribution is 2.44. The van der Waals surface area contributed by atoms with Crippen molar-refractivity contribution < 1.29 is 9.13 Å². The van der Waals surface area contributed by atoms with Crippen molar-refractivity contribution in [1.82, 2.24) is 15.3 Å². The molecule has 0 radical (unpaired) electrons. The summed E-state index contributed by atoms with van der Waals surface area (Å²) < 4.78 is 19.7. The molecule has 0 saturated heterocycles. The van der Waals surface area contributed by atoms with E-state index in [-0.39, 0.29) is 5.82 Å². The van der Waals surface area contributed by atoms with Gasteiger partial charge in [-0.25, -0.2) is 4.39 Å². The number of hydrogen-bond acceptors (Lipinski definition) is 5. The zero-order valence-electron chi connectivity index (χ0n) is 18.8. The highest BCUT2D eigenvalue weighted by Gasteiger charge is 2.36. The monoisotopic (exact) mass is 426 g/mol. The van der Waals surface area contributed by atoms with Crippen LogP contribution in [-0.2, 0) is 11.2 Å². The maximum Gasteiger partial charge on any atom is 0.149 e. The first kappa shape index (κ1) is 22.2. The maximum absolute atomic E-state index is 14.6. The molecule has 0 spiro atoms. The van der Waals surface area contributed by atoms with Gasteiger partial charge in [-0.15, -0.1) is 0 Å². The van der Waals surface area contributed by atoms with Crippen LogP contribution in [-0.4, -0.2) is 42.8 Å². The molecule has 2 saturated carbocycles. The second kappa shape index (κ2) is 10.0. The van der Waals surface area contributed by atoms with E-state index in [9.17, 15) is 4.39 Å². The van der Waals surface area contributed by atoms with E-state index in [4.69, 9.17) is 4.74 Å². The first-order valence-corrected chi connectivity index (χ1v) is 11.6. The van der Waals surface area contributed by atoms with E-state index in [0.717, 1.165) is 43.1 Å². The smallest absolute Gasteiger partial charge is 0.149 e. The van der Waals surface area contributed by atoms with Crippen LogP contribution in [0.25, 0.3) is 11.1 Å². The second-order valence-corrected chi connectivity index (χ2v) is 9.65. The summed E-state index contributed by atoms with van der Waals surface area (Å²) in [4.78, 5) is 8.74. The number of nitrogens with zero attached hydrogens (tertiary/aromatic N) is 2. The van der Waals surface area contributed by atoms with Crippen LogP contribution in [0.4, 0.5) is 10.1 Å². The summed E-state index contributed by atoms with van der Waals surface area (Å²) >= 11 is 0. The van der Waals surface area contributed by atoms with Gasteiger partial charge in [-0.05, 0) is 68.4 Å². The van der Waals surface area contributed by atoms with E-state index in [1.165, 1.54) is 44.7 Å². The highest BCUT2D eigenvalue weighted by atomic mass is 19.1. The molecule has 2 heterocycles. The van der Waals surface area contributed by atoms with Crippen LogP contribution in [0, 0.1) is 17.2 Å². The average molecular weight is 427 g/mol. The summed E-state index contributed by atoms with van der Waals surface area (Å²) in [7, 11) is 1.74. The molecule has 2 aromatic heterocycles. The van der Waals surface area contributed by atoms with Gasteiger partial charge in [-0.1, -0.05) is 6.92 Å². The van der Waals surface area contributed by atoms with Gasteiger partial charge < -0.3 is 15.4 Å². The number of pyridine rings is 2. The third-order valence-corrected chi connectivity index (χ3v) is 6.87. The third-order valence-electron chi connectivity index (χ3n) is 6.87. The Morgan fingerprint density at radius 1 is 1.13 bits per heavy atom. The Bertz CT molecular complexity index is 862. The van der Waals surface area contributed by atoms with Crippen molar-refractivity contribution in [2.45, 2.75) is 57.9 Å². The first-order chi connectivity index (χ1) is 15.0. The molecule has 5 nitrogen and oxygen atoms in total. The van der Waals surface area contributed by atoms with Crippen molar-refractivity contribution in [2.24, 2.45) is 11.3 Å². The van der Waals surface area contributed by atoms with E-state index < -0.39 is 0 Å². The number of rotatable bonds is 10. The van der Waals surface area contributed by atoms with Gasteiger partial charge in [-0.2, -0.15) is 0 Å². The summed E-state index contributed by atoms with van der Waals surface area (Å²) in [6.07, 6.45) is 13.1. The van der Waals surface area contributed by atoms with Gasteiger partial charge in [0, 0.05) is 55.5 Å². The molecular weight excluding hydrogens is 391 g/mol. The Morgan fingerprint density at radius 3 is 2.68 bits per heavy atom. The van der Waals surface area contributed by atoms with Crippen molar-refractivity contribution in [3.8, 4) is 11.1 Å². The third kappa shape index (κ3) is 6.23. The largest absolute Gasteiger partial charge is 0.383 e. The standard InChI is InChI=1S/C25H35FN4O/c1-25(7-8-25)17-30-22-12-19(14-27-15-22)23-13-21(29-16-24(23)26)11-18-3-5-20(6-4-18)28-9-10-31-2/h12-16,18,20,28,30H,3-11,17H2,1-2H3. The van der Waals surface area contributed by atoms with Gasteiger partial charge in [0.05, 0.1) is 18.5 Å². The molecule has 31 heavy (non-hydrogen) atoms. The Kier molecular flexibility index (Phi) is 7.18. The normalized spacial score (nSPS) is 22.3. The van der Waals surface area contributed by atoms with Crippen LogP contribution in [0.2, 0.25) is 0 Å². The Morgan fingerprint density at radius 2 is 1.94 bits per heavy atom. The first-order valence-electron chi connectivity index (χ1n) is 11.6. The van der Waals surface area contributed by atoms with Gasteiger partial charge in [-0.3, -0.25) is 9.97 Å². The second-order valence-electron chi connectivity index (χ2n) is 9.65. The van der Waals surface area contributed by atoms with Crippen molar-refractivity contribution in [3.05, 3.63) is 42.2 Å². The minimum atomic E-state index is -0.289. The van der Waals surface area contributed by atoms with Crippen LogP contribution >= 0.6 is 0 Å². The average Bonchev–Trinajstić information content (AvgIpc) is 3.53. The Balaban J connectivity index is 1.36. The molecule has 0 bridgehead atoms. The molecule has 0 atom stereocenters. The minimum Gasteiger partial charge on any atom is -0.383 e. The molecule has 4 rings (SSSR count). The summed E-state index contributed by atoms with van der Waals surface area (Å²) in [5.41, 5.74) is 3.72. The molecule has 0 aromatic carbocycles. The summed E-state index contributed by atoms with van der Waals surface area (Å²) in [6.45, 7) is 4.89.